The van der Waals surface area contributed by atoms with Crippen LogP contribution >= 0.6 is 11.6 Å². The Morgan fingerprint density at radius 1 is 1.22 bits per heavy atom. The molecule has 9 nitrogen and oxygen atoms in total. The smallest absolute Gasteiger partial charge is 0.434 e. The zero-order chi connectivity index (χ0) is 30.1. The molecule has 5 N–H and O–H groups in total. The molecule has 1 unspecified atom stereocenters. The Morgan fingerprint density at radius 3 is 2.56 bits per heavy atom. The van der Waals surface area contributed by atoms with Gasteiger partial charge in [-0.1, -0.05) is 24.4 Å². The van der Waals surface area contributed by atoms with Gasteiger partial charge in [0, 0.05) is 50.2 Å². The number of carbonyl (C=O) groups excluding carboxylic acids is 1. The van der Waals surface area contributed by atoms with Crippen molar-refractivity contribution < 1.29 is 32.6 Å². The average Bonchev–Trinajstić information content (AvgIpc) is 3.29. The Labute approximate surface area is 243 Å². The van der Waals surface area contributed by atoms with Crippen LogP contribution in [-0.4, -0.2) is 77.8 Å². The van der Waals surface area contributed by atoms with Crippen molar-refractivity contribution in [2.75, 3.05) is 39.8 Å². The Balaban J connectivity index is 1.71. The van der Waals surface area contributed by atoms with Gasteiger partial charge in [-0.15, -0.1) is 0 Å². The number of hydrazine groups is 1. The molecule has 1 saturated carbocycles. The number of allylic oxidation sites excluding steroid dienone is 1. The van der Waals surface area contributed by atoms with Crippen LogP contribution in [0.25, 0.3) is 0 Å². The Hall–Kier alpha value is -2.70. The van der Waals surface area contributed by atoms with Crippen molar-refractivity contribution in [1.82, 2.24) is 14.8 Å². The standard InChI is InChI=1S/C28H39ClF3N5O4/c1-27(26(39)40)11-4-3-6-17(27)14-36-13-10-18-19(29)8-9-22(24(18)21(36)15-37-12-5-7-23(37)38)41-16-20(33)25(35(2)34)28(30,31)32/h8-9,17,21H,3-7,10-16,33-34H2,1-2H3,(H,39,40)/b25-20-/t17?,21-,27+/m1/s1. The number of nitrogens with two attached hydrogens (primary N) is 2. The number of likely N-dealkylation sites (tertiary alicyclic amines) is 1. The summed E-state index contributed by atoms with van der Waals surface area (Å²) in [6, 6.07) is 2.86. The quantitative estimate of drug-likeness (QED) is 0.286. The molecule has 1 amide bonds. The van der Waals surface area contributed by atoms with E-state index in [4.69, 9.17) is 27.9 Å². The molecule has 0 spiro atoms. The SMILES string of the molecule is CN(N)/C(=C(\N)COc1ccc(Cl)c2c1[C@@H](CN1CCCC1=O)N(CC1CCCC[C@]1(C)C(=O)O)CC2)C(F)(F)F. The molecule has 2 heterocycles. The molecule has 0 aromatic heterocycles. The van der Waals surface area contributed by atoms with Crippen LogP contribution < -0.4 is 16.3 Å². The van der Waals surface area contributed by atoms with Crippen molar-refractivity contribution in [1.29, 1.82) is 0 Å². The zero-order valence-electron chi connectivity index (χ0n) is 23.5. The minimum absolute atomic E-state index is 0.0302. The first-order valence-corrected chi connectivity index (χ1v) is 14.3. The number of carboxylic acids is 1. The van der Waals surface area contributed by atoms with Crippen molar-refractivity contribution >= 4 is 23.5 Å². The van der Waals surface area contributed by atoms with Gasteiger partial charge in [-0.2, -0.15) is 13.2 Å². The van der Waals surface area contributed by atoms with E-state index in [-0.39, 0.29) is 17.9 Å². The number of aliphatic carboxylic acids is 1. The maximum absolute atomic E-state index is 13.6. The summed E-state index contributed by atoms with van der Waals surface area (Å²) in [5.74, 6) is 4.84. The summed E-state index contributed by atoms with van der Waals surface area (Å²) < 4.78 is 46.7. The molecular weight excluding hydrogens is 563 g/mol. The predicted octanol–water partition coefficient (Wildman–Crippen LogP) is 4.06. The van der Waals surface area contributed by atoms with Crippen molar-refractivity contribution in [2.24, 2.45) is 22.9 Å². The molecule has 1 aromatic rings. The van der Waals surface area contributed by atoms with E-state index < -0.39 is 35.6 Å². The van der Waals surface area contributed by atoms with Crippen molar-refractivity contribution in [2.45, 2.75) is 64.1 Å². The van der Waals surface area contributed by atoms with Crippen LogP contribution in [0.15, 0.2) is 23.5 Å². The minimum Gasteiger partial charge on any atom is -0.487 e. The number of carboxylic acid groups (broad SMARTS) is 1. The number of nitrogens with zero attached hydrogens (tertiary/aromatic N) is 3. The van der Waals surface area contributed by atoms with Gasteiger partial charge in [0.25, 0.3) is 0 Å². The highest BCUT2D eigenvalue weighted by Crippen LogP contribution is 2.46. The molecular formula is C28H39ClF3N5O4. The van der Waals surface area contributed by atoms with E-state index >= 15 is 0 Å². The summed E-state index contributed by atoms with van der Waals surface area (Å²) in [5.41, 5.74) is 4.66. The number of ether oxygens (including phenoxy) is 1. The molecule has 41 heavy (non-hydrogen) atoms. The second-order valence-corrected chi connectivity index (χ2v) is 12.0. The summed E-state index contributed by atoms with van der Waals surface area (Å²) in [4.78, 5) is 29.0. The summed E-state index contributed by atoms with van der Waals surface area (Å²) in [7, 11) is 1.05. The normalized spacial score (nSPS) is 26.0. The van der Waals surface area contributed by atoms with Gasteiger partial charge in [0.15, 0.2) is 5.70 Å². The van der Waals surface area contributed by atoms with E-state index in [9.17, 15) is 27.9 Å². The first kappa shape index (κ1) is 31.2. The van der Waals surface area contributed by atoms with Crippen LogP contribution in [-0.2, 0) is 16.0 Å². The molecule has 2 fully saturated rings. The fourth-order valence-electron chi connectivity index (χ4n) is 6.58. The van der Waals surface area contributed by atoms with Gasteiger partial charge in [0.05, 0.1) is 17.2 Å². The lowest BCUT2D eigenvalue weighted by atomic mass is 9.67. The summed E-state index contributed by atoms with van der Waals surface area (Å²) >= 11 is 6.63. The average molecular weight is 602 g/mol. The van der Waals surface area contributed by atoms with Crippen molar-refractivity contribution in [3.8, 4) is 5.75 Å². The van der Waals surface area contributed by atoms with E-state index in [1.807, 2.05) is 6.92 Å². The van der Waals surface area contributed by atoms with Crippen LogP contribution in [0.3, 0.4) is 0 Å². The van der Waals surface area contributed by atoms with Gasteiger partial charge in [-0.05, 0) is 56.2 Å². The van der Waals surface area contributed by atoms with Crippen LogP contribution in [0.5, 0.6) is 5.75 Å². The number of rotatable bonds is 9. The molecule has 3 aliphatic rings. The topological polar surface area (TPSA) is 125 Å². The minimum atomic E-state index is -4.78. The highest BCUT2D eigenvalue weighted by Gasteiger charge is 2.45. The molecule has 2 aliphatic heterocycles. The summed E-state index contributed by atoms with van der Waals surface area (Å²) in [6.45, 7) is 3.26. The lowest BCUT2D eigenvalue weighted by molar-refractivity contribution is -0.154. The van der Waals surface area contributed by atoms with Gasteiger partial charge in [-0.25, -0.2) is 5.84 Å². The molecule has 1 saturated heterocycles. The van der Waals surface area contributed by atoms with Crippen LogP contribution in [0.2, 0.25) is 5.02 Å². The first-order chi connectivity index (χ1) is 19.2. The van der Waals surface area contributed by atoms with E-state index in [2.05, 4.69) is 4.90 Å². The number of fused-ring (bicyclic) bond motifs is 1. The lowest BCUT2D eigenvalue weighted by Crippen LogP contribution is -2.49. The van der Waals surface area contributed by atoms with E-state index in [1.54, 1.807) is 17.0 Å². The number of carbonyl (C=O) groups is 2. The number of benzene rings is 1. The summed E-state index contributed by atoms with van der Waals surface area (Å²) in [6.07, 6.45) is 0.117. The second-order valence-electron chi connectivity index (χ2n) is 11.6. The third kappa shape index (κ3) is 6.54. The van der Waals surface area contributed by atoms with Gasteiger partial charge < -0.3 is 25.5 Å². The Morgan fingerprint density at radius 2 is 1.95 bits per heavy atom. The van der Waals surface area contributed by atoms with Crippen LogP contribution in [0.1, 0.15) is 62.6 Å². The van der Waals surface area contributed by atoms with Crippen LogP contribution in [0.4, 0.5) is 13.2 Å². The van der Waals surface area contributed by atoms with Gasteiger partial charge >= 0.3 is 12.1 Å². The fourth-order valence-corrected chi connectivity index (χ4v) is 6.84. The largest absolute Gasteiger partial charge is 0.487 e. The number of halogens is 4. The fraction of sp³-hybridized carbons (Fsp3) is 0.643. The molecule has 0 bridgehead atoms. The number of alkyl halides is 3. The summed E-state index contributed by atoms with van der Waals surface area (Å²) in [5, 5.41) is 11.0. The van der Waals surface area contributed by atoms with Gasteiger partial charge in [0.1, 0.15) is 12.4 Å². The highest BCUT2D eigenvalue weighted by molar-refractivity contribution is 6.31. The van der Waals surface area contributed by atoms with Gasteiger partial charge in [-0.3, -0.25) is 14.5 Å². The maximum atomic E-state index is 13.6. The van der Waals surface area contributed by atoms with Crippen LogP contribution in [0, 0.1) is 11.3 Å². The Kier molecular flexibility index (Phi) is 9.35. The number of hydrogen-bond acceptors (Lipinski definition) is 7. The van der Waals surface area contributed by atoms with E-state index in [0.717, 1.165) is 38.3 Å². The molecule has 1 aliphatic carbocycles. The highest BCUT2D eigenvalue weighted by atomic mass is 35.5. The number of hydrogen-bond donors (Lipinski definition) is 3. The predicted molar refractivity (Wildman–Crippen MR) is 148 cm³/mol. The first-order valence-electron chi connectivity index (χ1n) is 14.0. The monoisotopic (exact) mass is 601 g/mol. The molecule has 3 atom stereocenters. The molecule has 13 heteroatoms. The molecule has 1 aromatic carbocycles. The third-order valence-corrected chi connectivity index (χ3v) is 9.25. The second kappa shape index (κ2) is 12.3. The molecule has 4 rings (SSSR count). The Bertz CT molecular complexity index is 1190. The van der Waals surface area contributed by atoms with Crippen molar-refractivity contribution in [3.05, 3.63) is 39.7 Å². The lowest BCUT2D eigenvalue weighted by Gasteiger charge is -2.45. The van der Waals surface area contributed by atoms with E-state index in [1.165, 1.54) is 0 Å². The van der Waals surface area contributed by atoms with Crippen molar-refractivity contribution in [3.63, 3.8) is 0 Å². The third-order valence-electron chi connectivity index (χ3n) is 8.90. The molecule has 228 valence electrons. The van der Waals surface area contributed by atoms with E-state index in [0.29, 0.717) is 66.8 Å². The zero-order valence-corrected chi connectivity index (χ0v) is 24.2. The van der Waals surface area contributed by atoms with Gasteiger partial charge in [0.2, 0.25) is 5.91 Å². The molecule has 0 radical (unpaired) electrons. The number of amides is 1. The maximum Gasteiger partial charge on any atom is 0.434 e.